The van der Waals surface area contributed by atoms with Gasteiger partial charge in [0.25, 0.3) is 0 Å². The van der Waals surface area contributed by atoms with Gasteiger partial charge in [-0.05, 0) is 54.5 Å². The van der Waals surface area contributed by atoms with Crippen LogP contribution in [0.2, 0.25) is 0 Å². The van der Waals surface area contributed by atoms with Crippen molar-refractivity contribution in [3.8, 4) is 5.75 Å². The zero-order chi connectivity index (χ0) is 14.7. The molecule has 108 valence electrons. The highest BCUT2D eigenvalue weighted by atomic mass is 79.9. The maximum Gasteiger partial charge on any atom is 0.119 e. The van der Waals surface area contributed by atoms with Gasteiger partial charge in [-0.1, -0.05) is 12.1 Å². The number of hydrogen-bond acceptors (Lipinski definition) is 3. The summed E-state index contributed by atoms with van der Waals surface area (Å²) in [6, 6.07) is 8.45. The summed E-state index contributed by atoms with van der Waals surface area (Å²) >= 11 is 3.61. The zero-order valence-corrected chi connectivity index (χ0v) is 13.8. The molecular weight excluding hydrogens is 318 g/mol. The quantitative estimate of drug-likeness (QED) is 0.906. The van der Waals surface area contributed by atoms with Crippen molar-refractivity contribution in [1.82, 2.24) is 15.1 Å². The Balaban J connectivity index is 2.49. The van der Waals surface area contributed by atoms with Crippen LogP contribution in [0.25, 0.3) is 0 Å². The highest BCUT2D eigenvalue weighted by molar-refractivity contribution is 9.10. The van der Waals surface area contributed by atoms with Crippen LogP contribution in [0.5, 0.6) is 5.75 Å². The molecule has 0 amide bonds. The fourth-order valence-corrected chi connectivity index (χ4v) is 2.82. The van der Waals surface area contributed by atoms with Crippen molar-refractivity contribution in [2.45, 2.75) is 25.9 Å². The first-order valence-electron chi connectivity index (χ1n) is 6.62. The average molecular weight is 338 g/mol. The predicted molar refractivity (Wildman–Crippen MR) is 84.2 cm³/mol. The van der Waals surface area contributed by atoms with Gasteiger partial charge in [0, 0.05) is 6.04 Å². The Hall–Kier alpha value is -1.33. The van der Waals surface area contributed by atoms with Gasteiger partial charge in [0.05, 0.1) is 29.5 Å². The van der Waals surface area contributed by atoms with Crippen LogP contribution in [0.4, 0.5) is 0 Å². The molecule has 0 spiro atoms. The van der Waals surface area contributed by atoms with E-state index in [1.807, 2.05) is 36.1 Å². The van der Waals surface area contributed by atoms with E-state index in [-0.39, 0.29) is 6.04 Å². The van der Waals surface area contributed by atoms with Crippen LogP contribution < -0.4 is 10.1 Å². The molecule has 4 nitrogen and oxygen atoms in total. The minimum Gasteiger partial charge on any atom is -0.497 e. The molecule has 20 heavy (non-hydrogen) atoms. The van der Waals surface area contributed by atoms with Crippen LogP contribution in [0, 0.1) is 0 Å². The van der Waals surface area contributed by atoms with Crippen LogP contribution in [-0.4, -0.2) is 23.9 Å². The molecule has 1 aromatic carbocycles. The van der Waals surface area contributed by atoms with E-state index in [4.69, 9.17) is 4.74 Å². The maximum absolute atomic E-state index is 5.31. The summed E-state index contributed by atoms with van der Waals surface area (Å²) in [5.74, 6) is 0.856. The van der Waals surface area contributed by atoms with Gasteiger partial charge in [-0.15, -0.1) is 0 Å². The van der Waals surface area contributed by atoms with Crippen molar-refractivity contribution in [3.63, 3.8) is 0 Å². The second-order valence-corrected chi connectivity index (χ2v) is 5.77. The number of ether oxygens (including phenoxy) is 1. The van der Waals surface area contributed by atoms with E-state index in [1.165, 1.54) is 0 Å². The van der Waals surface area contributed by atoms with Crippen molar-refractivity contribution < 1.29 is 4.74 Å². The molecule has 0 radical (unpaired) electrons. The van der Waals surface area contributed by atoms with Crippen molar-refractivity contribution in [1.29, 1.82) is 0 Å². The van der Waals surface area contributed by atoms with E-state index in [0.717, 1.165) is 21.5 Å². The molecular formula is C15H20BrN3O. The normalized spacial score (nSPS) is 12.7. The van der Waals surface area contributed by atoms with E-state index in [0.29, 0.717) is 6.04 Å². The summed E-state index contributed by atoms with van der Waals surface area (Å²) < 4.78 is 8.35. The molecule has 5 heteroatoms. The van der Waals surface area contributed by atoms with Crippen LogP contribution >= 0.6 is 15.9 Å². The minimum absolute atomic E-state index is 0.0596. The van der Waals surface area contributed by atoms with Crippen LogP contribution in [-0.2, 0) is 0 Å². The van der Waals surface area contributed by atoms with Crippen LogP contribution in [0.15, 0.2) is 34.9 Å². The third-order valence-electron chi connectivity index (χ3n) is 3.27. The van der Waals surface area contributed by atoms with Crippen molar-refractivity contribution in [2.75, 3.05) is 14.2 Å². The highest BCUT2D eigenvalue weighted by Crippen LogP contribution is 2.31. The molecule has 1 aromatic heterocycles. The SMILES string of the molecule is CNC(c1cccc(OC)c1)c1c(Br)cnn1C(C)C. The van der Waals surface area contributed by atoms with Crippen molar-refractivity contribution in [3.05, 3.63) is 46.2 Å². The summed E-state index contributed by atoms with van der Waals surface area (Å²) in [5, 5.41) is 7.81. The summed E-state index contributed by atoms with van der Waals surface area (Å²) in [5.41, 5.74) is 2.27. The Morgan fingerprint density at radius 2 is 2.10 bits per heavy atom. The van der Waals surface area contributed by atoms with Gasteiger partial charge < -0.3 is 10.1 Å². The monoisotopic (exact) mass is 337 g/mol. The number of aromatic nitrogens is 2. The van der Waals surface area contributed by atoms with Crippen molar-refractivity contribution >= 4 is 15.9 Å². The Kier molecular flexibility index (Phi) is 4.83. The molecule has 0 aliphatic rings. The first kappa shape index (κ1) is 15.1. The lowest BCUT2D eigenvalue weighted by atomic mass is 10.0. The van der Waals surface area contributed by atoms with Gasteiger partial charge in [-0.2, -0.15) is 5.10 Å². The molecule has 0 saturated heterocycles. The molecule has 0 aliphatic heterocycles. The fourth-order valence-electron chi connectivity index (χ4n) is 2.31. The van der Waals surface area contributed by atoms with E-state index < -0.39 is 0 Å². The second-order valence-electron chi connectivity index (χ2n) is 4.91. The topological polar surface area (TPSA) is 39.1 Å². The van der Waals surface area contributed by atoms with Crippen molar-refractivity contribution in [2.24, 2.45) is 0 Å². The molecule has 2 rings (SSSR count). The molecule has 1 atom stereocenters. The Morgan fingerprint density at radius 1 is 1.35 bits per heavy atom. The molecule has 1 N–H and O–H groups in total. The lowest BCUT2D eigenvalue weighted by molar-refractivity contribution is 0.413. The van der Waals surface area contributed by atoms with Crippen LogP contribution in [0.1, 0.15) is 37.2 Å². The van der Waals surface area contributed by atoms with E-state index in [1.54, 1.807) is 7.11 Å². The lowest BCUT2D eigenvalue weighted by Gasteiger charge is -2.21. The fraction of sp³-hybridized carbons (Fsp3) is 0.400. The number of nitrogens with one attached hydrogen (secondary N) is 1. The number of rotatable bonds is 5. The first-order chi connectivity index (χ1) is 9.58. The van der Waals surface area contributed by atoms with Gasteiger partial charge in [-0.3, -0.25) is 4.68 Å². The average Bonchev–Trinajstić information content (AvgIpc) is 2.82. The van der Waals surface area contributed by atoms with Gasteiger partial charge in [-0.25, -0.2) is 0 Å². The van der Waals surface area contributed by atoms with E-state index in [9.17, 15) is 0 Å². The number of halogens is 1. The summed E-state index contributed by atoms with van der Waals surface area (Å²) in [4.78, 5) is 0. The number of methoxy groups -OCH3 is 1. The Morgan fingerprint density at radius 3 is 2.70 bits per heavy atom. The number of hydrogen-bond donors (Lipinski definition) is 1. The largest absolute Gasteiger partial charge is 0.497 e. The van der Waals surface area contributed by atoms with E-state index in [2.05, 4.69) is 46.3 Å². The minimum atomic E-state index is 0.0596. The summed E-state index contributed by atoms with van der Waals surface area (Å²) in [6.45, 7) is 4.25. The summed E-state index contributed by atoms with van der Waals surface area (Å²) in [7, 11) is 3.63. The molecule has 1 heterocycles. The lowest BCUT2D eigenvalue weighted by Crippen LogP contribution is -2.22. The molecule has 0 fully saturated rings. The number of benzene rings is 1. The van der Waals surface area contributed by atoms with Gasteiger partial charge in [0.2, 0.25) is 0 Å². The Labute approximate surface area is 128 Å². The third kappa shape index (κ3) is 2.88. The molecule has 0 saturated carbocycles. The third-order valence-corrected chi connectivity index (χ3v) is 3.88. The predicted octanol–water partition coefficient (Wildman–Crippen LogP) is 3.54. The first-order valence-corrected chi connectivity index (χ1v) is 7.42. The van der Waals surface area contributed by atoms with Crippen LogP contribution in [0.3, 0.4) is 0 Å². The molecule has 1 unspecified atom stereocenters. The standard InChI is InChI=1S/C15H20BrN3O/c1-10(2)19-15(13(16)9-18-19)14(17-3)11-6-5-7-12(8-11)20-4/h5-10,14,17H,1-4H3. The maximum atomic E-state index is 5.31. The second kappa shape index (κ2) is 6.41. The van der Waals surface area contributed by atoms with E-state index >= 15 is 0 Å². The van der Waals surface area contributed by atoms with Gasteiger partial charge in [0.1, 0.15) is 5.75 Å². The number of nitrogens with zero attached hydrogens (tertiary/aromatic N) is 2. The zero-order valence-electron chi connectivity index (χ0n) is 12.2. The molecule has 2 aromatic rings. The highest BCUT2D eigenvalue weighted by Gasteiger charge is 2.22. The van der Waals surface area contributed by atoms with Gasteiger partial charge in [0.15, 0.2) is 0 Å². The smallest absolute Gasteiger partial charge is 0.119 e. The molecule has 0 aliphatic carbocycles. The Bertz CT molecular complexity index is 580. The molecule has 0 bridgehead atoms. The summed E-state index contributed by atoms with van der Waals surface area (Å²) in [6.07, 6.45) is 1.85. The van der Waals surface area contributed by atoms with Gasteiger partial charge >= 0.3 is 0 Å².